The number of piperidine rings is 2. The van der Waals surface area contributed by atoms with Crippen molar-refractivity contribution in [3.8, 4) is 0 Å². The molecule has 3 saturated heterocycles. The number of carbonyl (C=O) groups is 2. The highest BCUT2D eigenvalue weighted by atomic mass is 16.2. The van der Waals surface area contributed by atoms with Crippen LogP contribution in [-0.4, -0.2) is 76.8 Å². The van der Waals surface area contributed by atoms with E-state index in [1.54, 1.807) is 24.5 Å². The van der Waals surface area contributed by atoms with Crippen LogP contribution in [-0.2, 0) is 4.79 Å². The van der Waals surface area contributed by atoms with Crippen LogP contribution in [0.4, 0.5) is 0 Å². The fraction of sp³-hybridized carbons (Fsp3) is 0.667. The molecule has 6 nitrogen and oxygen atoms in total. The van der Waals surface area contributed by atoms with E-state index in [0.29, 0.717) is 11.9 Å². The van der Waals surface area contributed by atoms with Crippen LogP contribution in [0.15, 0.2) is 24.5 Å². The van der Waals surface area contributed by atoms with Crippen LogP contribution < -0.4 is 0 Å². The van der Waals surface area contributed by atoms with Gasteiger partial charge in [0.1, 0.15) is 0 Å². The molecule has 0 bridgehead atoms. The highest BCUT2D eigenvalue weighted by Gasteiger charge is 2.34. The van der Waals surface area contributed by atoms with Crippen molar-refractivity contribution in [2.24, 2.45) is 5.92 Å². The van der Waals surface area contributed by atoms with Crippen LogP contribution >= 0.6 is 0 Å². The van der Waals surface area contributed by atoms with Crippen LogP contribution in [0.1, 0.15) is 48.9 Å². The lowest BCUT2D eigenvalue weighted by Crippen LogP contribution is -2.51. The predicted octanol–water partition coefficient (Wildman–Crippen LogP) is 2.02. The summed E-state index contributed by atoms with van der Waals surface area (Å²) in [6.07, 6.45) is 9.81. The summed E-state index contributed by atoms with van der Waals surface area (Å²) < 4.78 is 0. The molecule has 0 saturated carbocycles. The lowest BCUT2D eigenvalue weighted by Gasteiger charge is -2.42. The molecule has 3 aliphatic rings. The van der Waals surface area contributed by atoms with Gasteiger partial charge in [-0.25, -0.2) is 0 Å². The van der Waals surface area contributed by atoms with E-state index in [9.17, 15) is 9.59 Å². The van der Waals surface area contributed by atoms with Gasteiger partial charge in [0.25, 0.3) is 5.91 Å². The quantitative estimate of drug-likeness (QED) is 0.817. The molecule has 0 aromatic carbocycles. The Morgan fingerprint density at radius 2 is 1.56 bits per heavy atom. The summed E-state index contributed by atoms with van der Waals surface area (Å²) in [6.45, 7) is 5.49. The third kappa shape index (κ3) is 4.15. The van der Waals surface area contributed by atoms with Gasteiger partial charge in [0, 0.05) is 56.7 Å². The summed E-state index contributed by atoms with van der Waals surface area (Å²) >= 11 is 0. The van der Waals surface area contributed by atoms with Crippen molar-refractivity contribution in [2.75, 3.05) is 39.3 Å². The Bertz CT molecular complexity index is 651. The largest absolute Gasteiger partial charge is 0.342 e. The second kappa shape index (κ2) is 8.38. The monoisotopic (exact) mass is 370 g/mol. The normalized spacial score (nSPS) is 25.0. The van der Waals surface area contributed by atoms with Gasteiger partial charge in [0.05, 0.1) is 5.92 Å². The number of pyridine rings is 1. The number of amides is 2. The van der Waals surface area contributed by atoms with Crippen LogP contribution in [0.5, 0.6) is 0 Å². The first-order valence-corrected chi connectivity index (χ1v) is 10.4. The Balaban J connectivity index is 1.30. The van der Waals surface area contributed by atoms with Gasteiger partial charge in [0.2, 0.25) is 5.91 Å². The van der Waals surface area contributed by atoms with Crippen LogP contribution in [0.2, 0.25) is 0 Å². The average molecular weight is 370 g/mol. The SMILES string of the molecule is O=C(c1ccncc1)N1CCC(N2CCC[C@@H](C(=O)N3CCCC3)C2)CC1. The Hall–Kier alpha value is -1.95. The molecule has 6 heteroatoms. The maximum atomic E-state index is 12.8. The molecule has 2 amide bonds. The first-order valence-electron chi connectivity index (χ1n) is 10.4. The molecule has 0 radical (unpaired) electrons. The van der Waals surface area contributed by atoms with Crippen molar-refractivity contribution in [1.82, 2.24) is 19.7 Å². The molecule has 3 aliphatic heterocycles. The van der Waals surface area contributed by atoms with E-state index in [1.165, 1.54) is 0 Å². The minimum Gasteiger partial charge on any atom is -0.342 e. The molecular weight excluding hydrogens is 340 g/mol. The van der Waals surface area contributed by atoms with E-state index in [4.69, 9.17) is 0 Å². The van der Waals surface area contributed by atoms with Gasteiger partial charge in [-0.15, -0.1) is 0 Å². The van der Waals surface area contributed by atoms with Gasteiger partial charge in [-0.2, -0.15) is 0 Å². The van der Waals surface area contributed by atoms with Gasteiger partial charge in [0.15, 0.2) is 0 Å². The van der Waals surface area contributed by atoms with Gasteiger partial charge in [-0.3, -0.25) is 19.5 Å². The van der Waals surface area contributed by atoms with Gasteiger partial charge >= 0.3 is 0 Å². The Morgan fingerprint density at radius 1 is 0.852 bits per heavy atom. The zero-order chi connectivity index (χ0) is 18.6. The summed E-state index contributed by atoms with van der Waals surface area (Å²) in [6, 6.07) is 4.07. The smallest absolute Gasteiger partial charge is 0.253 e. The summed E-state index contributed by atoms with van der Waals surface area (Å²) in [5.74, 6) is 0.660. The standard InChI is InChI=1S/C21H30N4O2/c26-20(17-5-9-22-10-6-17)24-14-7-19(8-15-24)25-13-3-4-18(16-25)21(27)23-11-1-2-12-23/h5-6,9-10,18-19H,1-4,7-8,11-16H2/t18-/m1/s1. The van der Waals surface area contributed by atoms with Gasteiger partial charge < -0.3 is 9.80 Å². The summed E-state index contributed by atoms with van der Waals surface area (Å²) in [5.41, 5.74) is 0.720. The van der Waals surface area contributed by atoms with E-state index >= 15 is 0 Å². The van der Waals surface area contributed by atoms with Crippen molar-refractivity contribution in [1.29, 1.82) is 0 Å². The minimum absolute atomic E-state index is 0.108. The molecule has 4 heterocycles. The average Bonchev–Trinajstić information content (AvgIpc) is 3.28. The third-order valence-electron chi connectivity index (χ3n) is 6.42. The molecule has 27 heavy (non-hydrogen) atoms. The van der Waals surface area contributed by atoms with Crippen molar-refractivity contribution in [3.63, 3.8) is 0 Å². The number of rotatable bonds is 3. The summed E-state index contributed by atoms with van der Waals surface area (Å²) in [7, 11) is 0. The number of hydrogen-bond donors (Lipinski definition) is 0. The zero-order valence-electron chi connectivity index (χ0n) is 16.1. The van der Waals surface area contributed by atoms with E-state index in [0.717, 1.165) is 83.4 Å². The van der Waals surface area contributed by atoms with E-state index in [1.807, 2.05) is 4.90 Å². The Morgan fingerprint density at radius 3 is 2.26 bits per heavy atom. The van der Waals surface area contributed by atoms with Crippen molar-refractivity contribution in [2.45, 2.75) is 44.6 Å². The van der Waals surface area contributed by atoms with E-state index in [-0.39, 0.29) is 11.8 Å². The molecule has 1 aromatic heterocycles. The fourth-order valence-electron chi connectivity index (χ4n) is 4.85. The lowest BCUT2D eigenvalue weighted by molar-refractivity contribution is -0.136. The summed E-state index contributed by atoms with van der Waals surface area (Å²) in [5, 5.41) is 0. The Labute approximate surface area is 161 Å². The van der Waals surface area contributed by atoms with Crippen molar-refractivity contribution in [3.05, 3.63) is 30.1 Å². The molecular formula is C21H30N4O2. The lowest BCUT2D eigenvalue weighted by atomic mass is 9.92. The topological polar surface area (TPSA) is 56.8 Å². The molecule has 1 atom stereocenters. The first-order chi connectivity index (χ1) is 13.2. The van der Waals surface area contributed by atoms with Crippen LogP contribution in [0, 0.1) is 5.92 Å². The fourth-order valence-corrected chi connectivity index (χ4v) is 4.85. The number of likely N-dealkylation sites (tertiary alicyclic amines) is 3. The van der Waals surface area contributed by atoms with Crippen LogP contribution in [0.25, 0.3) is 0 Å². The van der Waals surface area contributed by atoms with Crippen molar-refractivity contribution < 1.29 is 9.59 Å². The van der Waals surface area contributed by atoms with E-state index in [2.05, 4.69) is 14.8 Å². The number of aromatic nitrogens is 1. The molecule has 0 unspecified atom stereocenters. The molecule has 1 aromatic rings. The van der Waals surface area contributed by atoms with Crippen molar-refractivity contribution >= 4 is 11.8 Å². The molecule has 0 N–H and O–H groups in total. The number of nitrogens with zero attached hydrogens (tertiary/aromatic N) is 4. The maximum Gasteiger partial charge on any atom is 0.253 e. The summed E-state index contributed by atoms with van der Waals surface area (Å²) in [4.78, 5) is 35.9. The molecule has 0 aliphatic carbocycles. The third-order valence-corrected chi connectivity index (χ3v) is 6.42. The molecule has 0 spiro atoms. The van der Waals surface area contributed by atoms with Crippen LogP contribution in [0.3, 0.4) is 0 Å². The zero-order valence-corrected chi connectivity index (χ0v) is 16.1. The molecule has 3 fully saturated rings. The second-order valence-corrected chi connectivity index (χ2v) is 8.13. The van der Waals surface area contributed by atoms with Gasteiger partial charge in [-0.05, 0) is 57.2 Å². The first kappa shape index (κ1) is 18.4. The maximum absolute atomic E-state index is 12.8. The predicted molar refractivity (Wildman–Crippen MR) is 103 cm³/mol. The molecule has 146 valence electrons. The molecule has 4 rings (SSSR count). The number of hydrogen-bond acceptors (Lipinski definition) is 4. The highest BCUT2D eigenvalue weighted by molar-refractivity contribution is 5.94. The minimum atomic E-state index is 0.108. The van der Waals surface area contributed by atoms with E-state index < -0.39 is 0 Å². The second-order valence-electron chi connectivity index (χ2n) is 8.13. The van der Waals surface area contributed by atoms with Gasteiger partial charge in [-0.1, -0.05) is 0 Å². The number of carbonyl (C=O) groups excluding carboxylic acids is 2. The Kier molecular flexibility index (Phi) is 5.72. The highest BCUT2D eigenvalue weighted by Crippen LogP contribution is 2.26.